The van der Waals surface area contributed by atoms with Crippen LogP contribution >= 0.6 is 0 Å². The molecule has 0 aromatic carbocycles. The molecule has 0 aromatic rings. The van der Waals surface area contributed by atoms with E-state index in [4.69, 9.17) is 0 Å². The zero-order chi connectivity index (χ0) is 14.3. The van der Waals surface area contributed by atoms with Crippen molar-refractivity contribution in [2.24, 2.45) is 17.8 Å². The van der Waals surface area contributed by atoms with Crippen molar-refractivity contribution in [2.45, 2.75) is 64.1 Å². The number of rotatable bonds is 1. The summed E-state index contributed by atoms with van der Waals surface area (Å²) >= 11 is 0. The molecular formula is C17H32N2O. The van der Waals surface area contributed by atoms with E-state index in [0.717, 1.165) is 18.4 Å². The second-order valence-corrected chi connectivity index (χ2v) is 7.85. The Morgan fingerprint density at radius 3 is 2.60 bits per heavy atom. The second kappa shape index (κ2) is 5.94. The van der Waals surface area contributed by atoms with E-state index < -0.39 is 0 Å². The van der Waals surface area contributed by atoms with Gasteiger partial charge in [-0.3, -0.25) is 4.90 Å². The zero-order valence-electron chi connectivity index (χ0n) is 13.5. The molecule has 116 valence electrons. The van der Waals surface area contributed by atoms with Crippen molar-refractivity contribution in [3.05, 3.63) is 0 Å². The summed E-state index contributed by atoms with van der Waals surface area (Å²) in [6.45, 7) is 8.32. The van der Waals surface area contributed by atoms with Gasteiger partial charge in [-0.1, -0.05) is 13.8 Å². The normalized spacial score (nSPS) is 48.0. The van der Waals surface area contributed by atoms with Crippen molar-refractivity contribution >= 4 is 0 Å². The van der Waals surface area contributed by atoms with Gasteiger partial charge in [-0.25, -0.2) is 0 Å². The SMILES string of the molecule is CC1CC(C)C(N2CCC3C(CCCN3C)C2)C(O)C1. The number of hydrogen-bond donors (Lipinski definition) is 1. The minimum Gasteiger partial charge on any atom is -0.391 e. The highest BCUT2D eigenvalue weighted by Crippen LogP contribution is 2.36. The summed E-state index contributed by atoms with van der Waals surface area (Å²) in [5.74, 6) is 2.17. The quantitative estimate of drug-likeness (QED) is 0.798. The van der Waals surface area contributed by atoms with Crippen molar-refractivity contribution in [2.75, 3.05) is 26.7 Å². The van der Waals surface area contributed by atoms with Crippen LogP contribution in [0.2, 0.25) is 0 Å². The molecule has 6 unspecified atom stereocenters. The molecule has 3 rings (SSSR count). The molecule has 3 nitrogen and oxygen atoms in total. The average Bonchev–Trinajstić information content (AvgIpc) is 2.37. The monoisotopic (exact) mass is 280 g/mol. The largest absolute Gasteiger partial charge is 0.391 e. The van der Waals surface area contributed by atoms with Crippen LogP contribution < -0.4 is 0 Å². The lowest BCUT2D eigenvalue weighted by atomic mass is 9.75. The van der Waals surface area contributed by atoms with Crippen LogP contribution in [-0.2, 0) is 0 Å². The van der Waals surface area contributed by atoms with E-state index in [1.165, 1.54) is 45.3 Å². The van der Waals surface area contributed by atoms with Crippen molar-refractivity contribution in [3.8, 4) is 0 Å². The van der Waals surface area contributed by atoms with E-state index in [0.29, 0.717) is 17.9 Å². The molecule has 0 amide bonds. The van der Waals surface area contributed by atoms with Gasteiger partial charge in [0.1, 0.15) is 0 Å². The van der Waals surface area contributed by atoms with Crippen LogP contribution in [0.4, 0.5) is 0 Å². The van der Waals surface area contributed by atoms with Gasteiger partial charge in [0.05, 0.1) is 6.10 Å². The van der Waals surface area contributed by atoms with Gasteiger partial charge < -0.3 is 10.0 Å². The lowest BCUT2D eigenvalue weighted by Gasteiger charge is -2.51. The number of likely N-dealkylation sites (tertiary alicyclic amines) is 2. The molecule has 2 saturated heterocycles. The molecule has 0 bridgehead atoms. The Hall–Kier alpha value is -0.120. The molecule has 3 fully saturated rings. The maximum atomic E-state index is 10.6. The Labute approximate surface area is 124 Å². The predicted octanol–water partition coefficient (Wildman–Crippen LogP) is 2.20. The molecule has 0 spiro atoms. The van der Waals surface area contributed by atoms with E-state index in [9.17, 15) is 5.11 Å². The molecule has 20 heavy (non-hydrogen) atoms. The second-order valence-electron chi connectivity index (χ2n) is 7.85. The van der Waals surface area contributed by atoms with Crippen LogP contribution in [0.15, 0.2) is 0 Å². The first kappa shape index (κ1) is 14.8. The Morgan fingerprint density at radius 2 is 1.85 bits per heavy atom. The molecule has 1 saturated carbocycles. The summed E-state index contributed by atoms with van der Waals surface area (Å²) in [6, 6.07) is 1.22. The Kier molecular flexibility index (Phi) is 4.40. The third-order valence-corrected chi connectivity index (χ3v) is 6.19. The van der Waals surface area contributed by atoms with E-state index in [2.05, 4.69) is 30.7 Å². The first-order chi connectivity index (χ1) is 9.56. The highest BCUT2D eigenvalue weighted by molar-refractivity contribution is 4.96. The van der Waals surface area contributed by atoms with Crippen molar-refractivity contribution in [1.82, 2.24) is 9.80 Å². The minimum absolute atomic E-state index is 0.105. The van der Waals surface area contributed by atoms with Gasteiger partial charge in [0, 0.05) is 25.2 Å². The lowest BCUT2D eigenvalue weighted by Crippen LogP contribution is -2.59. The Bertz CT molecular complexity index is 323. The molecule has 3 heteroatoms. The summed E-state index contributed by atoms with van der Waals surface area (Å²) in [6.07, 6.45) is 6.22. The smallest absolute Gasteiger partial charge is 0.0700 e. The van der Waals surface area contributed by atoms with Crippen LogP contribution in [0.25, 0.3) is 0 Å². The first-order valence-electron chi connectivity index (χ1n) is 8.68. The van der Waals surface area contributed by atoms with Crippen molar-refractivity contribution in [3.63, 3.8) is 0 Å². The number of fused-ring (bicyclic) bond motifs is 1. The van der Waals surface area contributed by atoms with Crippen LogP contribution in [0, 0.1) is 17.8 Å². The Balaban J connectivity index is 1.66. The Morgan fingerprint density at radius 1 is 1.05 bits per heavy atom. The fraction of sp³-hybridized carbons (Fsp3) is 1.00. The van der Waals surface area contributed by atoms with Crippen molar-refractivity contribution in [1.29, 1.82) is 0 Å². The molecule has 2 heterocycles. The number of aliphatic hydroxyl groups excluding tert-OH is 1. The summed E-state index contributed by atoms with van der Waals surface area (Å²) in [5.41, 5.74) is 0. The highest BCUT2D eigenvalue weighted by atomic mass is 16.3. The van der Waals surface area contributed by atoms with Gasteiger partial charge in [-0.05, 0) is 63.5 Å². The van der Waals surface area contributed by atoms with E-state index in [-0.39, 0.29) is 6.10 Å². The zero-order valence-corrected chi connectivity index (χ0v) is 13.5. The van der Waals surface area contributed by atoms with E-state index in [1.54, 1.807) is 0 Å². The topological polar surface area (TPSA) is 26.7 Å². The standard InChI is InChI=1S/C17H32N2O/c1-12-9-13(2)17(16(20)10-12)19-8-6-15-14(11-19)5-4-7-18(15)3/h12-17,20H,4-11H2,1-3H3. The molecule has 1 aliphatic carbocycles. The van der Waals surface area contributed by atoms with E-state index >= 15 is 0 Å². The minimum atomic E-state index is -0.105. The van der Waals surface area contributed by atoms with Crippen LogP contribution in [0.5, 0.6) is 0 Å². The number of piperidine rings is 2. The average molecular weight is 280 g/mol. The summed E-state index contributed by atoms with van der Waals surface area (Å²) < 4.78 is 0. The molecule has 0 radical (unpaired) electrons. The van der Waals surface area contributed by atoms with Gasteiger partial charge in [-0.2, -0.15) is 0 Å². The fourth-order valence-electron chi connectivity index (χ4n) is 5.36. The maximum Gasteiger partial charge on any atom is 0.0700 e. The van der Waals surface area contributed by atoms with Crippen LogP contribution in [0.3, 0.4) is 0 Å². The number of hydrogen-bond acceptors (Lipinski definition) is 3. The molecule has 1 N–H and O–H groups in total. The highest BCUT2D eigenvalue weighted by Gasteiger charge is 2.41. The van der Waals surface area contributed by atoms with Gasteiger partial charge in [-0.15, -0.1) is 0 Å². The summed E-state index contributed by atoms with van der Waals surface area (Å²) in [5, 5.41) is 10.6. The lowest BCUT2D eigenvalue weighted by molar-refractivity contribution is -0.0598. The van der Waals surface area contributed by atoms with Gasteiger partial charge in [0.2, 0.25) is 0 Å². The third-order valence-electron chi connectivity index (χ3n) is 6.19. The summed E-state index contributed by atoms with van der Waals surface area (Å²) in [4.78, 5) is 5.22. The predicted molar refractivity (Wildman–Crippen MR) is 82.7 cm³/mol. The van der Waals surface area contributed by atoms with Gasteiger partial charge >= 0.3 is 0 Å². The number of nitrogens with zero attached hydrogens (tertiary/aromatic N) is 2. The number of aliphatic hydroxyl groups is 1. The van der Waals surface area contributed by atoms with Crippen LogP contribution in [0.1, 0.15) is 46.0 Å². The molecule has 6 atom stereocenters. The van der Waals surface area contributed by atoms with Gasteiger partial charge in [0.25, 0.3) is 0 Å². The maximum absolute atomic E-state index is 10.6. The van der Waals surface area contributed by atoms with Gasteiger partial charge in [0.15, 0.2) is 0 Å². The van der Waals surface area contributed by atoms with Crippen LogP contribution in [-0.4, -0.2) is 59.8 Å². The molecule has 2 aliphatic heterocycles. The third kappa shape index (κ3) is 2.77. The first-order valence-corrected chi connectivity index (χ1v) is 8.68. The fourth-order valence-corrected chi connectivity index (χ4v) is 5.36. The molecule has 0 aromatic heterocycles. The van der Waals surface area contributed by atoms with Crippen molar-refractivity contribution < 1.29 is 5.11 Å². The molecular weight excluding hydrogens is 248 g/mol. The summed E-state index contributed by atoms with van der Waals surface area (Å²) in [7, 11) is 2.30. The van der Waals surface area contributed by atoms with E-state index in [1.807, 2.05) is 0 Å². The molecule has 3 aliphatic rings.